The van der Waals surface area contributed by atoms with Crippen molar-refractivity contribution in [1.29, 1.82) is 0 Å². The van der Waals surface area contributed by atoms with Crippen molar-refractivity contribution < 1.29 is 21.6 Å². The Hall–Kier alpha value is -2.23. The molecule has 0 saturated carbocycles. The number of hydrogen-bond donors (Lipinski definition) is 1. The number of rotatable bonds is 8. The standard InChI is InChI=1S/C23H30N2O5S2/c1-16(2)25(17(3)4)14-13-24-23(26)19-11-8-12-20-22(19)21(15-31(20,27)28)32(29,30)18-9-6-5-7-10-18/h5-12,16-17,21H,13-15H2,1-4H3,(H,24,26). The lowest BCUT2D eigenvalue weighted by molar-refractivity contribution is 0.0938. The second kappa shape index (κ2) is 9.33. The summed E-state index contributed by atoms with van der Waals surface area (Å²) in [4.78, 5) is 15.2. The number of amides is 1. The SMILES string of the molecule is CC(C)N(CCNC(=O)c1cccc2c1C(S(=O)(=O)c1ccccc1)CS2(=O)=O)C(C)C. The highest BCUT2D eigenvalue weighted by molar-refractivity contribution is 7.96. The van der Waals surface area contributed by atoms with E-state index in [9.17, 15) is 21.6 Å². The Kier molecular flexibility index (Phi) is 7.12. The van der Waals surface area contributed by atoms with Crippen LogP contribution in [0.5, 0.6) is 0 Å². The van der Waals surface area contributed by atoms with Gasteiger partial charge in [-0.25, -0.2) is 16.8 Å². The average molecular weight is 479 g/mol. The smallest absolute Gasteiger partial charge is 0.251 e. The van der Waals surface area contributed by atoms with E-state index in [1.165, 1.54) is 30.3 Å². The monoisotopic (exact) mass is 478 g/mol. The zero-order valence-electron chi connectivity index (χ0n) is 18.8. The van der Waals surface area contributed by atoms with Gasteiger partial charge in [0.25, 0.3) is 5.91 Å². The van der Waals surface area contributed by atoms with Gasteiger partial charge in [-0.2, -0.15) is 0 Å². The molecule has 3 rings (SSSR count). The molecule has 0 aromatic heterocycles. The Labute approximate surface area is 190 Å². The molecule has 1 heterocycles. The fourth-order valence-electron chi connectivity index (χ4n) is 4.24. The first kappa shape index (κ1) is 24.4. The summed E-state index contributed by atoms with van der Waals surface area (Å²) in [6.45, 7) is 9.30. The molecule has 1 aliphatic heterocycles. The number of carbonyl (C=O) groups is 1. The summed E-state index contributed by atoms with van der Waals surface area (Å²) >= 11 is 0. The van der Waals surface area contributed by atoms with Crippen LogP contribution in [-0.2, 0) is 19.7 Å². The van der Waals surface area contributed by atoms with Crippen LogP contribution < -0.4 is 5.32 Å². The number of fused-ring (bicyclic) bond motifs is 1. The molecule has 2 aromatic rings. The van der Waals surface area contributed by atoms with Gasteiger partial charge >= 0.3 is 0 Å². The molecule has 32 heavy (non-hydrogen) atoms. The fourth-order valence-corrected chi connectivity index (χ4v) is 8.62. The lowest BCUT2D eigenvalue weighted by Gasteiger charge is -2.30. The number of nitrogens with zero attached hydrogens (tertiary/aromatic N) is 1. The van der Waals surface area contributed by atoms with Crippen LogP contribution in [0.2, 0.25) is 0 Å². The summed E-state index contributed by atoms with van der Waals surface area (Å²) in [6, 6.07) is 12.7. The maximum Gasteiger partial charge on any atom is 0.251 e. The minimum Gasteiger partial charge on any atom is -0.351 e. The molecule has 1 amide bonds. The topological polar surface area (TPSA) is 101 Å². The van der Waals surface area contributed by atoms with Gasteiger partial charge in [-0.15, -0.1) is 0 Å². The van der Waals surface area contributed by atoms with Crippen LogP contribution in [0.3, 0.4) is 0 Å². The predicted molar refractivity (Wildman–Crippen MR) is 124 cm³/mol. The van der Waals surface area contributed by atoms with Gasteiger partial charge in [0.05, 0.1) is 15.5 Å². The van der Waals surface area contributed by atoms with E-state index in [2.05, 4.69) is 37.9 Å². The molecule has 2 aromatic carbocycles. The summed E-state index contributed by atoms with van der Waals surface area (Å²) in [7, 11) is -7.83. The Bertz CT molecular complexity index is 1180. The molecule has 0 radical (unpaired) electrons. The van der Waals surface area contributed by atoms with Crippen molar-refractivity contribution in [3.8, 4) is 0 Å². The van der Waals surface area contributed by atoms with Crippen LogP contribution in [0.25, 0.3) is 0 Å². The van der Waals surface area contributed by atoms with Gasteiger partial charge in [0.15, 0.2) is 19.7 Å². The van der Waals surface area contributed by atoms with Crippen LogP contribution in [-0.4, -0.2) is 58.6 Å². The van der Waals surface area contributed by atoms with E-state index >= 15 is 0 Å². The largest absolute Gasteiger partial charge is 0.351 e. The average Bonchev–Trinajstić information content (AvgIpc) is 3.03. The highest BCUT2D eigenvalue weighted by Gasteiger charge is 2.45. The fraction of sp³-hybridized carbons (Fsp3) is 0.435. The highest BCUT2D eigenvalue weighted by Crippen LogP contribution is 2.42. The molecule has 1 N–H and O–H groups in total. The second-order valence-corrected chi connectivity index (χ2v) is 12.7. The van der Waals surface area contributed by atoms with E-state index in [-0.39, 0.29) is 20.9 Å². The minimum absolute atomic E-state index is 0.0350. The van der Waals surface area contributed by atoms with Gasteiger partial charge in [0.1, 0.15) is 5.25 Å². The molecule has 7 nitrogen and oxygen atoms in total. The predicted octanol–water partition coefficient (Wildman–Crippen LogP) is 2.84. The van der Waals surface area contributed by atoms with Crippen molar-refractivity contribution >= 4 is 25.6 Å². The summed E-state index contributed by atoms with van der Waals surface area (Å²) in [5.41, 5.74) is 0.159. The zero-order chi connectivity index (χ0) is 23.7. The maximum absolute atomic E-state index is 13.3. The number of nitrogens with one attached hydrogen (secondary N) is 1. The second-order valence-electron chi connectivity index (χ2n) is 8.53. The van der Waals surface area contributed by atoms with E-state index in [4.69, 9.17) is 0 Å². The van der Waals surface area contributed by atoms with Crippen molar-refractivity contribution in [2.75, 3.05) is 18.8 Å². The van der Waals surface area contributed by atoms with E-state index in [0.29, 0.717) is 25.2 Å². The first-order valence-corrected chi connectivity index (χ1v) is 13.8. The number of benzene rings is 2. The van der Waals surface area contributed by atoms with E-state index in [1.54, 1.807) is 18.2 Å². The first-order valence-electron chi connectivity index (χ1n) is 10.7. The quantitative estimate of drug-likeness (QED) is 0.626. The summed E-state index contributed by atoms with van der Waals surface area (Å²) in [5, 5.41) is 1.51. The highest BCUT2D eigenvalue weighted by atomic mass is 32.2. The normalized spacial score (nSPS) is 17.7. The minimum atomic E-state index is -4.00. The van der Waals surface area contributed by atoms with Crippen molar-refractivity contribution in [2.45, 2.75) is 54.8 Å². The van der Waals surface area contributed by atoms with Gasteiger partial charge in [-0.05, 0) is 52.0 Å². The van der Waals surface area contributed by atoms with Crippen molar-refractivity contribution in [2.24, 2.45) is 0 Å². The molecule has 0 aliphatic carbocycles. The van der Waals surface area contributed by atoms with Crippen LogP contribution in [0.15, 0.2) is 58.3 Å². The molecule has 174 valence electrons. The van der Waals surface area contributed by atoms with Crippen LogP contribution >= 0.6 is 0 Å². The Morgan fingerprint density at radius 3 is 2.25 bits per heavy atom. The molecule has 9 heteroatoms. The van der Waals surface area contributed by atoms with E-state index in [1.807, 2.05) is 0 Å². The van der Waals surface area contributed by atoms with Crippen molar-refractivity contribution in [1.82, 2.24) is 10.2 Å². The third-order valence-corrected chi connectivity index (χ3v) is 9.86. The molecule has 0 fully saturated rings. The molecule has 0 saturated heterocycles. The molecule has 0 bridgehead atoms. The summed E-state index contributed by atoms with van der Waals surface area (Å²) < 4.78 is 52.2. The first-order chi connectivity index (χ1) is 15.0. The van der Waals surface area contributed by atoms with E-state index in [0.717, 1.165) is 0 Å². The van der Waals surface area contributed by atoms with Crippen LogP contribution in [0, 0.1) is 0 Å². The lowest BCUT2D eigenvalue weighted by Crippen LogP contribution is -2.42. The van der Waals surface area contributed by atoms with E-state index < -0.39 is 36.6 Å². The van der Waals surface area contributed by atoms with Crippen LogP contribution in [0.4, 0.5) is 0 Å². The molecular formula is C23H30N2O5S2. The lowest BCUT2D eigenvalue weighted by atomic mass is 10.0. The van der Waals surface area contributed by atoms with Crippen molar-refractivity contribution in [3.63, 3.8) is 0 Å². The van der Waals surface area contributed by atoms with Gasteiger partial charge in [0, 0.05) is 36.3 Å². The number of hydrogen-bond acceptors (Lipinski definition) is 6. The number of carbonyl (C=O) groups excluding carboxylic acids is 1. The molecule has 1 unspecified atom stereocenters. The Morgan fingerprint density at radius 2 is 1.66 bits per heavy atom. The molecule has 0 spiro atoms. The molecular weight excluding hydrogens is 448 g/mol. The van der Waals surface area contributed by atoms with Crippen LogP contribution in [0.1, 0.15) is 48.9 Å². The third-order valence-electron chi connectivity index (χ3n) is 5.77. The molecule has 1 aliphatic rings. The number of sulfone groups is 2. The van der Waals surface area contributed by atoms with Gasteiger partial charge in [-0.1, -0.05) is 24.3 Å². The maximum atomic E-state index is 13.3. The van der Waals surface area contributed by atoms with Gasteiger partial charge in [0.2, 0.25) is 0 Å². The van der Waals surface area contributed by atoms with Gasteiger partial charge in [-0.3, -0.25) is 9.69 Å². The van der Waals surface area contributed by atoms with Gasteiger partial charge < -0.3 is 5.32 Å². The summed E-state index contributed by atoms with van der Waals surface area (Å²) in [5.74, 6) is -1.04. The zero-order valence-corrected chi connectivity index (χ0v) is 20.4. The third kappa shape index (κ3) is 4.74. The molecule has 1 atom stereocenters. The summed E-state index contributed by atoms with van der Waals surface area (Å²) in [6.07, 6.45) is 0. The Balaban J connectivity index is 1.94. The Morgan fingerprint density at radius 1 is 1.03 bits per heavy atom. The van der Waals surface area contributed by atoms with Crippen molar-refractivity contribution in [3.05, 3.63) is 59.7 Å².